The van der Waals surface area contributed by atoms with Crippen molar-refractivity contribution in [1.82, 2.24) is 9.80 Å². The van der Waals surface area contributed by atoms with Gasteiger partial charge in [-0.3, -0.25) is 19.8 Å². The van der Waals surface area contributed by atoms with E-state index in [2.05, 4.69) is 0 Å². The summed E-state index contributed by atoms with van der Waals surface area (Å²) < 4.78 is 5.27. The van der Waals surface area contributed by atoms with E-state index >= 15 is 0 Å². The van der Waals surface area contributed by atoms with Crippen molar-refractivity contribution in [1.29, 1.82) is 0 Å². The Bertz CT molecular complexity index is 785. The van der Waals surface area contributed by atoms with E-state index < -0.39 is 4.92 Å². The van der Waals surface area contributed by atoms with Gasteiger partial charge in [-0.05, 0) is 17.7 Å². The fraction of sp³-hybridized carbons (Fsp3) is 0.294. The van der Waals surface area contributed by atoms with Crippen molar-refractivity contribution < 1.29 is 18.9 Å². The summed E-state index contributed by atoms with van der Waals surface area (Å²) >= 11 is 0. The van der Waals surface area contributed by atoms with E-state index in [1.807, 2.05) is 6.07 Å². The van der Waals surface area contributed by atoms with Crippen molar-refractivity contribution >= 4 is 17.6 Å². The zero-order chi connectivity index (χ0) is 18.0. The second-order valence-corrected chi connectivity index (χ2v) is 5.97. The van der Waals surface area contributed by atoms with E-state index in [0.717, 1.165) is 11.3 Å². The molecule has 0 saturated carbocycles. The molecule has 1 aliphatic rings. The minimum Gasteiger partial charge on any atom is -0.469 e. The molecule has 8 nitrogen and oxygen atoms in total. The van der Waals surface area contributed by atoms with Crippen LogP contribution in [-0.2, 0) is 17.8 Å². The monoisotopic (exact) mass is 343 g/mol. The number of nitro groups is 1. The lowest BCUT2D eigenvalue weighted by Crippen LogP contribution is -2.59. The lowest BCUT2D eigenvalue weighted by Gasteiger charge is -2.40. The number of likely N-dealkylation sites (tertiary alicyclic amines) is 1. The van der Waals surface area contributed by atoms with Gasteiger partial charge in [0.1, 0.15) is 5.76 Å². The standard InChI is InChI=1S/C17H17N3O5/c1-18(11-12-4-6-13(7-5-12)20(23)24)17(22)19-14(10-16(19)21)9-15-3-2-8-25-15/h2-8,14H,9-11H2,1H3/t14-/m0/s1. The van der Waals surface area contributed by atoms with E-state index in [1.54, 1.807) is 31.5 Å². The Morgan fingerprint density at radius 1 is 1.36 bits per heavy atom. The van der Waals surface area contributed by atoms with Gasteiger partial charge < -0.3 is 9.32 Å². The van der Waals surface area contributed by atoms with E-state index in [4.69, 9.17) is 4.42 Å². The Kier molecular flexibility index (Phi) is 4.51. The lowest BCUT2D eigenvalue weighted by molar-refractivity contribution is -0.384. The van der Waals surface area contributed by atoms with Crippen LogP contribution in [0.1, 0.15) is 17.7 Å². The van der Waals surface area contributed by atoms with Crippen LogP contribution in [0.15, 0.2) is 47.1 Å². The smallest absolute Gasteiger partial charge is 0.327 e. The number of nitrogens with zero attached hydrogens (tertiary/aromatic N) is 3. The van der Waals surface area contributed by atoms with Gasteiger partial charge in [0.05, 0.1) is 17.2 Å². The Morgan fingerprint density at radius 2 is 2.08 bits per heavy atom. The summed E-state index contributed by atoms with van der Waals surface area (Å²) in [6.45, 7) is 0.258. The van der Waals surface area contributed by atoms with Crippen LogP contribution in [0.5, 0.6) is 0 Å². The topological polar surface area (TPSA) is 96.9 Å². The first kappa shape index (κ1) is 16.7. The van der Waals surface area contributed by atoms with E-state index in [1.165, 1.54) is 21.9 Å². The molecule has 3 amide bonds. The molecule has 0 unspecified atom stereocenters. The summed E-state index contributed by atoms with van der Waals surface area (Å²) in [7, 11) is 1.60. The van der Waals surface area contributed by atoms with Gasteiger partial charge in [0, 0.05) is 38.6 Å². The molecule has 1 aliphatic heterocycles. The molecule has 1 aromatic heterocycles. The first-order chi connectivity index (χ1) is 12.0. The zero-order valence-electron chi connectivity index (χ0n) is 13.6. The van der Waals surface area contributed by atoms with Crippen LogP contribution in [0.2, 0.25) is 0 Å². The number of rotatable bonds is 5. The molecule has 1 saturated heterocycles. The molecule has 1 aromatic carbocycles. The largest absolute Gasteiger partial charge is 0.469 e. The Hall–Kier alpha value is -3.16. The number of hydrogen-bond donors (Lipinski definition) is 0. The molecule has 2 heterocycles. The van der Waals surface area contributed by atoms with Crippen molar-refractivity contribution in [2.75, 3.05) is 7.05 Å². The third kappa shape index (κ3) is 3.52. The van der Waals surface area contributed by atoms with Gasteiger partial charge >= 0.3 is 6.03 Å². The molecule has 1 fully saturated rings. The van der Waals surface area contributed by atoms with Crippen LogP contribution >= 0.6 is 0 Å². The summed E-state index contributed by atoms with van der Waals surface area (Å²) in [5.41, 5.74) is 0.742. The fourth-order valence-electron chi connectivity index (χ4n) is 2.82. The van der Waals surface area contributed by atoms with Crippen molar-refractivity contribution in [2.24, 2.45) is 0 Å². The molecular weight excluding hydrogens is 326 g/mol. The number of imide groups is 1. The molecule has 8 heteroatoms. The van der Waals surface area contributed by atoms with E-state index in [0.29, 0.717) is 12.8 Å². The molecule has 0 radical (unpaired) electrons. The summed E-state index contributed by atoms with van der Waals surface area (Å²) in [6.07, 6.45) is 2.37. The molecule has 0 bridgehead atoms. The van der Waals surface area contributed by atoms with Crippen LogP contribution in [-0.4, -0.2) is 39.8 Å². The minimum atomic E-state index is -0.476. The summed E-state index contributed by atoms with van der Waals surface area (Å²) in [5, 5.41) is 10.7. The lowest BCUT2D eigenvalue weighted by atomic mass is 9.98. The number of β-lactam (4-membered cyclic amide) rings is 1. The average Bonchev–Trinajstić information content (AvgIpc) is 3.07. The Morgan fingerprint density at radius 3 is 2.64 bits per heavy atom. The summed E-state index contributed by atoms with van der Waals surface area (Å²) in [6, 6.07) is 8.97. The highest BCUT2D eigenvalue weighted by Gasteiger charge is 2.42. The number of non-ortho nitro benzene ring substituents is 1. The van der Waals surface area contributed by atoms with Crippen LogP contribution in [0.3, 0.4) is 0 Å². The van der Waals surface area contributed by atoms with Gasteiger partial charge in [-0.15, -0.1) is 0 Å². The van der Waals surface area contributed by atoms with Gasteiger partial charge in [0.2, 0.25) is 5.91 Å². The predicted octanol–water partition coefficient (Wildman–Crippen LogP) is 2.58. The molecule has 2 aromatic rings. The normalized spacial score (nSPS) is 16.4. The Balaban J connectivity index is 1.62. The molecule has 3 rings (SSSR count). The maximum Gasteiger partial charge on any atom is 0.327 e. The highest BCUT2D eigenvalue weighted by molar-refractivity contribution is 5.99. The number of amides is 3. The number of carbonyl (C=O) groups excluding carboxylic acids is 2. The molecule has 0 spiro atoms. The first-order valence-electron chi connectivity index (χ1n) is 7.78. The quantitative estimate of drug-likeness (QED) is 0.472. The minimum absolute atomic E-state index is 0.00541. The van der Waals surface area contributed by atoms with Gasteiger partial charge in [-0.25, -0.2) is 4.79 Å². The first-order valence-corrected chi connectivity index (χ1v) is 7.78. The fourth-order valence-corrected chi connectivity index (χ4v) is 2.82. The van der Waals surface area contributed by atoms with Gasteiger partial charge in [0.15, 0.2) is 0 Å². The number of urea groups is 1. The second-order valence-electron chi connectivity index (χ2n) is 5.97. The van der Waals surface area contributed by atoms with Gasteiger partial charge in [0.25, 0.3) is 5.69 Å². The number of furan rings is 1. The SMILES string of the molecule is CN(Cc1ccc([N+](=O)[O-])cc1)C(=O)N1C(=O)C[C@@H]1Cc1ccco1. The molecule has 0 aliphatic carbocycles. The highest BCUT2D eigenvalue weighted by Crippen LogP contribution is 2.25. The van der Waals surface area contributed by atoms with Crippen LogP contribution < -0.4 is 0 Å². The second kappa shape index (κ2) is 6.76. The number of hydrogen-bond acceptors (Lipinski definition) is 5. The third-order valence-corrected chi connectivity index (χ3v) is 4.16. The highest BCUT2D eigenvalue weighted by atomic mass is 16.6. The predicted molar refractivity (Wildman–Crippen MR) is 87.6 cm³/mol. The summed E-state index contributed by atoms with van der Waals surface area (Å²) in [4.78, 5) is 37.3. The Labute approximate surface area is 143 Å². The average molecular weight is 343 g/mol. The molecule has 0 N–H and O–H groups in total. The summed E-state index contributed by atoms with van der Waals surface area (Å²) in [5.74, 6) is 0.519. The third-order valence-electron chi connectivity index (χ3n) is 4.16. The van der Waals surface area contributed by atoms with Gasteiger partial charge in [-0.1, -0.05) is 12.1 Å². The van der Waals surface area contributed by atoms with E-state index in [9.17, 15) is 19.7 Å². The zero-order valence-corrected chi connectivity index (χ0v) is 13.6. The van der Waals surface area contributed by atoms with E-state index in [-0.39, 0.29) is 30.2 Å². The van der Waals surface area contributed by atoms with Crippen molar-refractivity contribution in [3.63, 3.8) is 0 Å². The molecule has 1 atom stereocenters. The molecular formula is C17H17N3O5. The van der Waals surface area contributed by atoms with Crippen molar-refractivity contribution in [3.05, 3.63) is 64.1 Å². The van der Waals surface area contributed by atoms with Crippen molar-refractivity contribution in [3.8, 4) is 0 Å². The van der Waals surface area contributed by atoms with Crippen LogP contribution in [0.4, 0.5) is 10.5 Å². The van der Waals surface area contributed by atoms with Gasteiger partial charge in [-0.2, -0.15) is 0 Å². The maximum atomic E-state index is 12.5. The number of carbonyl (C=O) groups is 2. The number of benzene rings is 1. The number of nitro benzene ring substituents is 1. The van der Waals surface area contributed by atoms with Crippen molar-refractivity contribution in [2.45, 2.75) is 25.4 Å². The van der Waals surface area contributed by atoms with Crippen LogP contribution in [0.25, 0.3) is 0 Å². The molecule has 25 heavy (non-hydrogen) atoms. The maximum absolute atomic E-state index is 12.5. The molecule has 130 valence electrons. The van der Waals surface area contributed by atoms with Crippen LogP contribution in [0, 0.1) is 10.1 Å².